The number of hydrogen-bond donors (Lipinski definition) is 0. The predicted octanol–water partition coefficient (Wildman–Crippen LogP) is 2.16. The van der Waals surface area contributed by atoms with Crippen molar-refractivity contribution in [3.8, 4) is 0 Å². The molecule has 0 N–H and O–H groups in total. The van der Waals surface area contributed by atoms with Crippen LogP contribution in [0.15, 0.2) is 0 Å². The van der Waals surface area contributed by atoms with Gasteiger partial charge in [0.05, 0.1) is 0 Å². The van der Waals surface area contributed by atoms with Crippen LogP contribution >= 0.6 is 19.8 Å². The molecule has 0 heterocycles. The zero-order valence-electron chi connectivity index (χ0n) is 2.13. The fourth-order valence-electron chi connectivity index (χ4n) is 0. The molecule has 0 fully saturated rings. The molecule has 0 atom stereocenters. The Labute approximate surface area is 50.8 Å². The Balaban J connectivity index is 2.32. The third-order valence-electron chi connectivity index (χ3n) is 0. The van der Waals surface area contributed by atoms with Crippen LogP contribution < -0.4 is 0 Å². The molecule has 4 heavy (non-hydrogen) atoms. The summed E-state index contributed by atoms with van der Waals surface area (Å²) in [6, 6.07) is 0. The monoisotopic (exact) mass is 276 g/mol. The predicted molar refractivity (Wildman–Crippen MR) is 32.5 cm³/mol. The molecule has 0 saturated heterocycles. The molecule has 0 aromatic rings. The van der Waals surface area contributed by atoms with Crippen molar-refractivity contribution in [3.63, 3.8) is 0 Å². The second-order valence-electron chi connectivity index (χ2n) is 0.429. The minimum atomic E-state index is -1.33. The molecule has 4 radical (unpaired) electrons. The van der Waals surface area contributed by atoms with Gasteiger partial charge in [-0.2, -0.15) is 0 Å². The summed E-state index contributed by atoms with van der Waals surface area (Å²) in [6.45, 7) is 10.0. The third-order valence-corrected chi connectivity index (χ3v) is 0. The Morgan fingerprint density at radius 3 is 1.00 bits per heavy atom. The summed E-state index contributed by atoms with van der Waals surface area (Å²) in [4.78, 5) is 0. The van der Waals surface area contributed by atoms with E-state index in [9.17, 15) is 0 Å². The Hall–Kier alpha value is 3.08. The Morgan fingerprint density at radius 2 is 1.00 bits per heavy atom. The summed E-state index contributed by atoms with van der Waals surface area (Å²) < 4.78 is 0. The average molecular weight is 279 g/mol. The van der Waals surface area contributed by atoms with E-state index in [1.54, 1.807) is 0 Å². The Morgan fingerprint density at radius 1 is 1.00 bits per heavy atom. The normalized spacial score (nSPS) is 9.00. The van der Waals surface area contributed by atoms with Gasteiger partial charge in [-0.25, -0.2) is 0 Å². The molecule has 4 heteroatoms. The zero-order chi connectivity index (χ0) is 3.58. The van der Waals surface area contributed by atoms with Crippen LogP contribution in [0, 0.1) is 0 Å². The molecule has 0 aliphatic rings. The van der Waals surface area contributed by atoms with E-state index in [4.69, 9.17) is 0 Å². The van der Waals surface area contributed by atoms with Gasteiger partial charge in [0.2, 0.25) is 0 Å². The molecule has 0 amide bonds. The van der Waals surface area contributed by atoms with Gasteiger partial charge in [-0.05, 0) is 0 Å². The van der Waals surface area contributed by atoms with E-state index in [1.165, 1.54) is 0 Å². The van der Waals surface area contributed by atoms with Crippen molar-refractivity contribution in [1.82, 2.24) is 0 Å². The first-order valence-electron chi connectivity index (χ1n) is 1.13. The Kier molecular flexibility index (Phi) is 7.50. The second-order valence-corrected chi connectivity index (χ2v) is 47.7. The molecule has 22 valence electrons. The molecular weight excluding hydrogens is 279 g/mol. The van der Waals surface area contributed by atoms with Crippen LogP contribution in [0.2, 0.25) is 0 Å². The molecule has 0 bridgehead atoms. The van der Waals surface area contributed by atoms with Gasteiger partial charge in [-0.1, -0.05) is 0 Å². The molecule has 0 aromatic heterocycles. The summed E-state index contributed by atoms with van der Waals surface area (Å²) in [5.74, 6) is 0. The molecule has 0 rings (SSSR count). The molecular formula is Br3K. The summed E-state index contributed by atoms with van der Waals surface area (Å²) in [5, 5.41) is 0. The van der Waals surface area contributed by atoms with Crippen LogP contribution in [0.4, 0.5) is 0 Å². The van der Waals surface area contributed by atoms with Gasteiger partial charge in [0.15, 0.2) is 0 Å². The van der Waals surface area contributed by atoms with Crippen molar-refractivity contribution in [2.45, 2.75) is 0 Å². The first-order chi connectivity index (χ1) is 1.73. The van der Waals surface area contributed by atoms with E-state index >= 15 is 0 Å². The van der Waals surface area contributed by atoms with Crippen molar-refractivity contribution >= 4 is 53.3 Å². The van der Waals surface area contributed by atoms with Crippen molar-refractivity contribution < 1.29 is 0 Å². The fourth-order valence-corrected chi connectivity index (χ4v) is 0. The molecule has 0 unspecified atom stereocenters. The second kappa shape index (κ2) is 4.24. The SMILES string of the molecule is [Br][K]([Br])[Br]. The van der Waals surface area contributed by atoms with E-state index < -0.39 is 33.5 Å². The van der Waals surface area contributed by atoms with Gasteiger partial charge in [-0.3, -0.25) is 0 Å². The van der Waals surface area contributed by atoms with Gasteiger partial charge < -0.3 is 0 Å². The van der Waals surface area contributed by atoms with Gasteiger partial charge >= 0.3 is 53.3 Å². The fraction of sp³-hybridized carbons (Fsp3) is 0. The maximum absolute atomic E-state index is 3.33. The van der Waals surface area contributed by atoms with Gasteiger partial charge in [0.25, 0.3) is 0 Å². The van der Waals surface area contributed by atoms with E-state index in [-0.39, 0.29) is 0 Å². The summed E-state index contributed by atoms with van der Waals surface area (Å²) in [5.41, 5.74) is 0. The first-order valence-corrected chi connectivity index (χ1v) is 24.3. The molecule has 0 aliphatic carbocycles. The quantitative estimate of drug-likeness (QED) is 0.596. The van der Waals surface area contributed by atoms with Gasteiger partial charge in [-0.15, -0.1) is 0 Å². The molecule has 0 aromatic carbocycles. The van der Waals surface area contributed by atoms with Crippen molar-refractivity contribution in [2.75, 3.05) is 0 Å². The molecule has 0 saturated carbocycles. The van der Waals surface area contributed by atoms with E-state index in [1.807, 2.05) is 0 Å². The first kappa shape index (κ1) is 7.08. The van der Waals surface area contributed by atoms with Crippen molar-refractivity contribution in [2.24, 2.45) is 0 Å². The van der Waals surface area contributed by atoms with Crippen LogP contribution in [0.1, 0.15) is 0 Å². The van der Waals surface area contributed by atoms with Crippen LogP contribution in [0.5, 0.6) is 0 Å². The van der Waals surface area contributed by atoms with E-state index in [0.717, 1.165) is 0 Å². The third kappa shape index (κ3) is 8.91. The van der Waals surface area contributed by atoms with Crippen LogP contribution in [0.3, 0.4) is 0 Å². The van der Waals surface area contributed by atoms with E-state index in [0.29, 0.717) is 0 Å². The van der Waals surface area contributed by atoms with Crippen LogP contribution in [-0.4, -0.2) is 33.5 Å². The van der Waals surface area contributed by atoms with Gasteiger partial charge in [0, 0.05) is 0 Å². The van der Waals surface area contributed by atoms with Crippen LogP contribution in [0.25, 0.3) is 0 Å². The zero-order valence-corrected chi connectivity index (χ0v) is 10.0. The maximum atomic E-state index is 3.33. The Bertz CT molecular complexity index is 8.00. The number of hydrogen-bond acceptors (Lipinski definition) is 0. The van der Waals surface area contributed by atoms with Gasteiger partial charge in [0.1, 0.15) is 0 Å². The average Bonchev–Trinajstić information content (AvgIpc) is 0.811. The molecule has 0 spiro atoms. The topological polar surface area (TPSA) is 0 Å². The molecule has 0 nitrogen and oxygen atoms in total. The standard InChI is InChI=1S/3BrH.K/h3*1H;/q;;;+3/p-3. The van der Waals surface area contributed by atoms with Crippen molar-refractivity contribution in [1.29, 1.82) is 0 Å². The number of halogens is 3. The summed E-state index contributed by atoms with van der Waals surface area (Å²) in [7, 11) is 0. The number of rotatable bonds is 0. The summed E-state index contributed by atoms with van der Waals surface area (Å²) >= 11 is -1.33. The minimum absolute atomic E-state index is 1.33. The summed E-state index contributed by atoms with van der Waals surface area (Å²) in [6.07, 6.45) is 0. The van der Waals surface area contributed by atoms with Crippen molar-refractivity contribution in [3.05, 3.63) is 0 Å². The molecule has 0 aliphatic heterocycles. The van der Waals surface area contributed by atoms with E-state index in [2.05, 4.69) is 19.8 Å². The van der Waals surface area contributed by atoms with Crippen LogP contribution in [-0.2, 0) is 0 Å².